The Kier molecular flexibility index (Phi) is 8.45. The second kappa shape index (κ2) is 11.1. The Balaban J connectivity index is 0.000000485. The van der Waals surface area contributed by atoms with E-state index in [9.17, 15) is 5.11 Å². The van der Waals surface area contributed by atoms with Gasteiger partial charge in [-0.3, -0.25) is 0 Å². The standard InChI is InChI=1S/C18H20O5.C3H6O2/c1-20-15-8-7-12(9-14(15)19)5-6-13-10-16(21-2)18(23-4)17(11-13)22-3;1-2-4-5-3-1/h5-11,19H,1-4H3;1-3H2/b6-5-;. The summed E-state index contributed by atoms with van der Waals surface area (Å²) in [7, 11) is 6.23. The SMILES string of the molecule is C1COOC1.COc1ccc(/C=C\c2cc(OC)c(OC)c(OC)c2)cc1O. The van der Waals surface area contributed by atoms with E-state index in [0.717, 1.165) is 30.8 Å². The smallest absolute Gasteiger partial charge is 0.203 e. The summed E-state index contributed by atoms with van der Waals surface area (Å²) in [4.78, 5) is 8.89. The molecule has 1 fully saturated rings. The van der Waals surface area contributed by atoms with Gasteiger partial charge >= 0.3 is 0 Å². The molecule has 7 nitrogen and oxygen atoms in total. The van der Waals surface area contributed by atoms with Crippen molar-refractivity contribution in [3.8, 4) is 28.7 Å². The fraction of sp³-hybridized carbons (Fsp3) is 0.333. The topological polar surface area (TPSA) is 75.6 Å². The zero-order chi connectivity index (χ0) is 20.4. The van der Waals surface area contributed by atoms with Gasteiger partial charge in [0.25, 0.3) is 0 Å². The second-order valence-electron chi connectivity index (χ2n) is 5.72. The molecule has 0 atom stereocenters. The average Bonchev–Trinajstić information content (AvgIpc) is 3.31. The molecule has 0 spiro atoms. The van der Waals surface area contributed by atoms with Crippen molar-refractivity contribution in [2.75, 3.05) is 41.7 Å². The molecule has 0 aliphatic carbocycles. The summed E-state index contributed by atoms with van der Waals surface area (Å²) in [5.41, 5.74) is 1.73. The highest BCUT2D eigenvalue weighted by atomic mass is 17.2. The number of phenols is 1. The van der Waals surface area contributed by atoms with Gasteiger partial charge < -0.3 is 24.1 Å². The van der Waals surface area contributed by atoms with E-state index in [0.29, 0.717) is 23.0 Å². The maximum Gasteiger partial charge on any atom is 0.203 e. The Morgan fingerprint density at radius 3 is 1.75 bits per heavy atom. The molecule has 1 aliphatic rings. The van der Waals surface area contributed by atoms with Crippen molar-refractivity contribution in [3.63, 3.8) is 0 Å². The Labute approximate surface area is 164 Å². The normalized spacial score (nSPS) is 13.0. The van der Waals surface area contributed by atoms with Gasteiger partial charge in [0.2, 0.25) is 5.75 Å². The van der Waals surface area contributed by atoms with E-state index in [1.807, 2.05) is 30.4 Å². The van der Waals surface area contributed by atoms with Crippen LogP contribution >= 0.6 is 0 Å². The molecule has 152 valence electrons. The summed E-state index contributed by atoms with van der Waals surface area (Å²) in [6.45, 7) is 1.56. The first-order valence-electron chi connectivity index (χ1n) is 8.72. The van der Waals surface area contributed by atoms with Gasteiger partial charge in [-0.05, 0) is 35.4 Å². The zero-order valence-electron chi connectivity index (χ0n) is 16.6. The van der Waals surface area contributed by atoms with Gasteiger partial charge in [0, 0.05) is 6.42 Å². The molecule has 28 heavy (non-hydrogen) atoms. The summed E-state index contributed by atoms with van der Waals surface area (Å²) in [6, 6.07) is 8.90. The first-order chi connectivity index (χ1) is 13.6. The number of phenolic OH excluding ortho intramolecular Hbond substituents is 1. The molecule has 0 saturated carbocycles. The minimum absolute atomic E-state index is 0.0968. The van der Waals surface area contributed by atoms with Gasteiger partial charge in [-0.2, -0.15) is 0 Å². The minimum atomic E-state index is 0.0968. The van der Waals surface area contributed by atoms with Gasteiger partial charge in [-0.1, -0.05) is 18.2 Å². The summed E-state index contributed by atoms with van der Waals surface area (Å²) in [5.74, 6) is 2.26. The number of aromatic hydroxyl groups is 1. The van der Waals surface area contributed by atoms with Crippen LogP contribution in [0.3, 0.4) is 0 Å². The quantitative estimate of drug-likeness (QED) is 0.591. The van der Waals surface area contributed by atoms with E-state index in [1.165, 1.54) is 7.11 Å². The summed E-state index contributed by atoms with van der Waals surface area (Å²) in [5, 5.41) is 9.81. The average molecular weight is 390 g/mol. The van der Waals surface area contributed by atoms with Crippen LogP contribution in [0.4, 0.5) is 0 Å². The minimum Gasteiger partial charge on any atom is -0.504 e. The van der Waals surface area contributed by atoms with Crippen LogP contribution in [0.1, 0.15) is 17.5 Å². The number of hydrogen-bond acceptors (Lipinski definition) is 7. The van der Waals surface area contributed by atoms with E-state index in [1.54, 1.807) is 33.5 Å². The van der Waals surface area contributed by atoms with Gasteiger partial charge in [-0.15, -0.1) is 0 Å². The van der Waals surface area contributed by atoms with E-state index in [2.05, 4.69) is 9.78 Å². The lowest BCUT2D eigenvalue weighted by Gasteiger charge is -2.12. The second-order valence-corrected chi connectivity index (χ2v) is 5.72. The maximum atomic E-state index is 9.81. The van der Waals surface area contributed by atoms with Crippen LogP contribution in [-0.2, 0) is 9.78 Å². The number of hydrogen-bond donors (Lipinski definition) is 1. The van der Waals surface area contributed by atoms with Crippen LogP contribution in [0.25, 0.3) is 12.2 Å². The number of rotatable bonds is 6. The van der Waals surface area contributed by atoms with Crippen molar-refractivity contribution < 1.29 is 33.8 Å². The van der Waals surface area contributed by atoms with E-state index in [-0.39, 0.29) is 5.75 Å². The first-order valence-corrected chi connectivity index (χ1v) is 8.72. The Bertz CT molecular complexity index is 750. The van der Waals surface area contributed by atoms with E-state index >= 15 is 0 Å². The highest BCUT2D eigenvalue weighted by molar-refractivity contribution is 5.73. The predicted octanol–water partition coefficient (Wildman–Crippen LogP) is 3.94. The van der Waals surface area contributed by atoms with Crippen LogP contribution in [0, 0.1) is 0 Å². The Hall–Kier alpha value is -2.90. The lowest BCUT2D eigenvalue weighted by Crippen LogP contribution is -1.95. The largest absolute Gasteiger partial charge is 0.504 e. The van der Waals surface area contributed by atoms with Crippen molar-refractivity contribution in [1.82, 2.24) is 0 Å². The number of methoxy groups -OCH3 is 4. The van der Waals surface area contributed by atoms with Gasteiger partial charge in [0.05, 0.1) is 41.7 Å². The van der Waals surface area contributed by atoms with Crippen LogP contribution in [0.15, 0.2) is 30.3 Å². The molecule has 0 amide bonds. The number of ether oxygens (including phenoxy) is 4. The molecule has 0 bridgehead atoms. The monoisotopic (exact) mass is 390 g/mol. The van der Waals surface area contributed by atoms with Crippen molar-refractivity contribution in [2.45, 2.75) is 6.42 Å². The fourth-order valence-electron chi connectivity index (χ4n) is 2.50. The molecule has 0 radical (unpaired) electrons. The maximum absolute atomic E-state index is 9.81. The van der Waals surface area contributed by atoms with Gasteiger partial charge in [-0.25, -0.2) is 9.78 Å². The lowest BCUT2D eigenvalue weighted by atomic mass is 10.1. The van der Waals surface area contributed by atoms with Crippen molar-refractivity contribution in [1.29, 1.82) is 0 Å². The molecular formula is C21H26O7. The van der Waals surface area contributed by atoms with Gasteiger partial charge in [0.15, 0.2) is 23.0 Å². The molecule has 1 aliphatic heterocycles. The number of benzene rings is 2. The molecule has 0 aromatic heterocycles. The molecule has 1 N–H and O–H groups in total. The summed E-state index contributed by atoms with van der Waals surface area (Å²) in [6.07, 6.45) is 4.82. The zero-order valence-corrected chi connectivity index (χ0v) is 16.6. The van der Waals surface area contributed by atoms with Gasteiger partial charge in [0.1, 0.15) is 0 Å². The van der Waals surface area contributed by atoms with Crippen molar-refractivity contribution >= 4 is 12.2 Å². The molecule has 0 unspecified atom stereocenters. The molecule has 3 rings (SSSR count). The fourth-order valence-corrected chi connectivity index (χ4v) is 2.50. The van der Waals surface area contributed by atoms with Crippen LogP contribution < -0.4 is 18.9 Å². The highest BCUT2D eigenvalue weighted by Gasteiger charge is 2.12. The third-order valence-electron chi connectivity index (χ3n) is 3.90. The van der Waals surface area contributed by atoms with E-state index in [4.69, 9.17) is 18.9 Å². The first kappa shape index (κ1) is 21.4. The third-order valence-corrected chi connectivity index (χ3v) is 3.90. The molecule has 1 heterocycles. The van der Waals surface area contributed by atoms with Crippen molar-refractivity contribution in [2.24, 2.45) is 0 Å². The summed E-state index contributed by atoms with van der Waals surface area (Å²) >= 11 is 0. The van der Waals surface area contributed by atoms with E-state index < -0.39 is 0 Å². The highest BCUT2D eigenvalue weighted by Crippen LogP contribution is 2.38. The Morgan fingerprint density at radius 1 is 0.750 bits per heavy atom. The van der Waals surface area contributed by atoms with Crippen LogP contribution in [0.5, 0.6) is 28.7 Å². The molecule has 2 aromatic rings. The predicted molar refractivity (Wildman–Crippen MR) is 106 cm³/mol. The third kappa shape index (κ3) is 5.80. The molecular weight excluding hydrogens is 364 g/mol. The molecule has 7 heteroatoms. The van der Waals surface area contributed by atoms with Crippen LogP contribution in [-0.4, -0.2) is 46.8 Å². The molecule has 2 aromatic carbocycles. The Morgan fingerprint density at radius 2 is 1.32 bits per heavy atom. The van der Waals surface area contributed by atoms with Crippen LogP contribution in [0.2, 0.25) is 0 Å². The summed E-state index contributed by atoms with van der Waals surface area (Å²) < 4.78 is 21.0. The lowest BCUT2D eigenvalue weighted by molar-refractivity contribution is -0.248. The van der Waals surface area contributed by atoms with Crippen molar-refractivity contribution in [3.05, 3.63) is 41.5 Å². The molecule has 1 saturated heterocycles.